The van der Waals surface area contributed by atoms with Gasteiger partial charge in [0.15, 0.2) is 0 Å². The lowest BCUT2D eigenvalue weighted by molar-refractivity contribution is 0.631. The molecule has 0 amide bonds. The van der Waals surface area contributed by atoms with Crippen LogP contribution in [-0.4, -0.2) is 29.1 Å². The van der Waals surface area contributed by atoms with E-state index in [2.05, 4.69) is 20.6 Å². The van der Waals surface area contributed by atoms with Crippen LogP contribution in [0.15, 0.2) is 12.4 Å². The molecule has 82 valence electrons. The molecule has 0 bridgehead atoms. The van der Waals surface area contributed by atoms with Crippen LogP contribution in [0.4, 0.5) is 5.95 Å². The van der Waals surface area contributed by atoms with E-state index < -0.39 is 0 Å². The van der Waals surface area contributed by atoms with E-state index in [0.29, 0.717) is 17.0 Å². The second-order valence-corrected chi connectivity index (χ2v) is 4.20. The van der Waals surface area contributed by atoms with E-state index in [1.807, 2.05) is 0 Å². The van der Waals surface area contributed by atoms with Crippen LogP contribution in [0, 0.1) is 0 Å². The Kier molecular flexibility index (Phi) is 3.75. The number of anilines is 1. The maximum atomic E-state index is 5.72. The van der Waals surface area contributed by atoms with Crippen LogP contribution in [0.3, 0.4) is 0 Å². The molecule has 1 aromatic rings. The average Bonchev–Trinajstić information content (AvgIpc) is 2.50. The van der Waals surface area contributed by atoms with E-state index in [1.165, 1.54) is 19.3 Å². The molecule has 1 unspecified atom stereocenters. The average molecular weight is 227 g/mol. The normalized spacial score (nSPS) is 22.1. The first kappa shape index (κ1) is 10.6. The van der Waals surface area contributed by atoms with Crippen LogP contribution in [0.5, 0.6) is 0 Å². The lowest BCUT2D eigenvalue weighted by Crippen LogP contribution is -2.31. The molecule has 0 spiro atoms. The van der Waals surface area contributed by atoms with Crippen molar-refractivity contribution in [2.24, 2.45) is 0 Å². The molecule has 1 aromatic heterocycles. The summed E-state index contributed by atoms with van der Waals surface area (Å²) in [4.78, 5) is 8.24. The van der Waals surface area contributed by atoms with Gasteiger partial charge in [0.05, 0.1) is 17.4 Å². The SMILES string of the molecule is Clc1cnc(NC2CCCCNC2)nc1. The molecule has 1 aliphatic heterocycles. The predicted molar refractivity (Wildman–Crippen MR) is 61.2 cm³/mol. The standard InChI is InChI=1S/C10H15ClN4/c11-8-5-13-10(14-6-8)15-9-3-1-2-4-12-7-9/h5-6,9,12H,1-4,7H2,(H,13,14,15). The first-order chi connectivity index (χ1) is 7.34. The Hall–Kier alpha value is -0.870. The maximum Gasteiger partial charge on any atom is 0.222 e. The molecular weight excluding hydrogens is 212 g/mol. The van der Waals surface area contributed by atoms with Crippen LogP contribution in [-0.2, 0) is 0 Å². The van der Waals surface area contributed by atoms with E-state index in [4.69, 9.17) is 11.6 Å². The number of nitrogens with zero attached hydrogens (tertiary/aromatic N) is 2. The molecule has 0 saturated carbocycles. The second-order valence-electron chi connectivity index (χ2n) is 3.77. The highest BCUT2D eigenvalue weighted by molar-refractivity contribution is 6.30. The van der Waals surface area contributed by atoms with Crippen molar-refractivity contribution in [3.8, 4) is 0 Å². The van der Waals surface area contributed by atoms with Gasteiger partial charge in [0, 0.05) is 12.6 Å². The van der Waals surface area contributed by atoms with Crippen LogP contribution in [0.1, 0.15) is 19.3 Å². The van der Waals surface area contributed by atoms with E-state index in [0.717, 1.165) is 13.1 Å². The molecule has 2 N–H and O–H groups in total. The van der Waals surface area contributed by atoms with Crippen LogP contribution >= 0.6 is 11.6 Å². The Morgan fingerprint density at radius 2 is 2.13 bits per heavy atom. The van der Waals surface area contributed by atoms with Crippen molar-refractivity contribution in [1.82, 2.24) is 15.3 Å². The van der Waals surface area contributed by atoms with E-state index in [1.54, 1.807) is 12.4 Å². The number of hydrogen-bond donors (Lipinski definition) is 2. The predicted octanol–water partition coefficient (Wildman–Crippen LogP) is 1.68. The molecule has 1 fully saturated rings. The Morgan fingerprint density at radius 1 is 1.33 bits per heavy atom. The van der Waals surface area contributed by atoms with Gasteiger partial charge >= 0.3 is 0 Å². The fraction of sp³-hybridized carbons (Fsp3) is 0.600. The Balaban J connectivity index is 1.92. The fourth-order valence-electron chi connectivity index (χ4n) is 1.71. The summed E-state index contributed by atoms with van der Waals surface area (Å²) in [6.45, 7) is 2.09. The molecule has 2 rings (SSSR count). The topological polar surface area (TPSA) is 49.8 Å². The maximum absolute atomic E-state index is 5.72. The monoisotopic (exact) mass is 226 g/mol. The first-order valence-corrected chi connectivity index (χ1v) is 5.67. The largest absolute Gasteiger partial charge is 0.350 e. The zero-order chi connectivity index (χ0) is 10.5. The van der Waals surface area contributed by atoms with Gasteiger partial charge in [-0.3, -0.25) is 0 Å². The summed E-state index contributed by atoms with van der Waals surface area (Å²) in [6, 6.07) is 0.425. The van der Waals surface area contributed by atoms with Crippen molar-refractivity contribution < 1.29 is 0 Å². The van der Waals surface area contributed by atoms with Gasteiger partial charge in [-0.25, -0.2) is 9.97 Å². The first-order valence-electron chi connectivity index (χ1n) is 5.29. The highest BCUT2D eigenvalue weighted by atomic mass is 35.5. The van der Waals surface area contributed by atoms with E-state index >= 15 is 0 Å². The van der Waals surface area contributed by atoms with Gasteiger partial charge < -0.3 is 10.6 Å². The molecule has 1 atom stereocenters. The molecule has 0 aromatic carbocycles. The third-order valence-electron chi connectivity index (χ3n) is 2.50. The third kappa shape index (κ3) is 3.32. The Bertz CT molecular complexity index is 293. The molecule has 1 aliphatic rings. The van der Waals surface area contributed by atoms with Gasteiger partial charge in [-0.15, -0.1) is 0 Å². The lowest BCUT2D eigenvalue weighted by Gasteiger charge is -2.15. The van der Waals surface area contributed by atoms with E-state index in [9.17, 15) is 0 Å². The zero-order valence-corrected chi connectivity index (χ0v) is 9.30. The van der Waals surface area contributed by atoms with Crippen molar-refractivity contribution in [2.75, 3.05) is 18.4 Å². The van der Waals surface area contributed by atoms with Gasteiger partial charge in [-0.1, -0.05) is 18.0 Å². The number of nitrogens with one attached hydrogen (secondary N) is 2. The molecular formula is C10H15ClN4. The number of hydrogen-bond acceptors (Lipinski definition) is 4. The molecule has 1 saturated heterocycles. The van der Waals surface area contributed by atoms with Crippen molar-refractivity contribution >= 4 is 17.5 Å². The van der Waals surface area contributed by atoms with Crippen molar-refractivity contribution in [1.29, 1.82) is 0 Å². The molecule has 0 aliphatic carbocycles. The number of rotatable bonds is 2. The van der Waals surface area contributed by atoms with Crippen LogP contribution in [0.2, 0.25) is 5.02 Å². The fourth-order valence-corrected chi connectivity index (χ4v) is 1.81. The summed E-state index contributed by atoms with van der Waals surface area (Å²) in [7, 11) is 0. The smallest absolute Gasteiger partial charge is 0.222 e. The number of aromatic nitrogens is 2. The quantitative estimate of drug-likeness (QED) is 0.806. The highest BCUT2D eigenvalue weighted by Crippen LogP contribution is 2.10. The van der Waals surface area contributed by atoms with Gasteiger partial charge in [0.1, 0.15) is 0 Å². The van der Waals surface area contributed by atoms with Gasteiger partial charge in [-0.05, 0) is 19.4 Å². The minimum absolute atomic E-state index is 0.425. The third-order valence-corrected chi connectivity index (χ3v) is 2.70. The van der Waals surface area contributed by atoms with Crippen molar-refractivity contribution in [3.05, 3.63) is 17.4 Å². The summed E-state index contributed by atoms with van der Waals surface area (Å²) < 4.78 is 0. The summed E-state index contributed by atoms with van der Waals surface area (Å²) in [5, 5.41) is 7.26. The highest BCUT2D eigenvalue weighted by Gasteiger charge is 2.12. The van der Waals surface area contributed by atoms with Crippen molar-refractivity contribution in [2.45, 2.75) is 25.3 Å². The van der Waals surface area contributed by atoms with Crippen LogP contribution in [0.25, 0.3) is 0 Å². The molecule has 4 nitrogen and oxygen atoms in total. The van der Waals surface area contributed by atoms with Crippen molar-refractivity contribution in [3.63, 3.8) is 0 Å². The molecule has 15 heavy (non-hydrogen) atoms. The summed E-state index contributed by atoms with van der Waals surface area (Å²) >= 11 is 5.72. The Morgan fingerprint density at radius 3 is 2.93 bits per heavy atom. The minimum Gasteiger partial charge on any atom is -0.350 e. The Labute approximate surface area is 94.5 Å². The van der Waals surface area contributed by atoms with Gasteiger partial charge in [0.2, 0.25) is 5.95 Å². The molecule has 5 heteroatoms. The zero-order valence-electron chi connectivity index (χ0n) is 8.54. The molecule has 2 heterocycles. The summed E-state index contributed by atoms with van der Waals surface area (Å²) in [5.74, 6) is 0.660. The summed E-state index contributed by atoms with van der Waals surface area (Å²) in [5.41, 5.74) is 0. The van der Waals surface area contributed by atoms with Gasteiger partial charge in [0.25, 0.3) is 0 Å². The van der Waals surface area contributed by atoms with E-state index in [-0.39, 0.29) is 0 Å². The van der Waals surface area contributed by atoms with Gasteiger partial charge in [-0.2, -0.15) is 0 Å². The van der Waals surface area contributed by atoms with Crippen LogP contribution < -0.4 is 10.6 Å². The minimum atomic E-state index is 0.425. The number of halogens is 1. The molecule has 0 radical (unpaired) electrons. The lowest BCUT2D eigenvalue weighted by atomic mass is 10.1. The second kappa shape index (κ2) is 5.28. The summed E-state index contributed by atoms with van der Waals surface area (Å²) in [6.07, 6.45) is 6.89.